The Labute approximate surface area is 126 Å². The molecule has 0 saturated carbocycles. The molecular formula is C15H17F3N4. The molecule has 0 fully saturated rings. The van der Waals surface area contributed by atoms with Crippen molar-refractivity contribution in [3.8, 4) is 0 Å². The molecule has 2 aromatic rings. The third kappa shape index (κ3) is 4.09. The number of benzene rings is 1. The number of hydrogen-bond acceptors (Lipinski definition) is 4. The first kappa shape index (κ1) is 16.1. The van der Waals surface area contributed by atoms with E-state index in [-0.39, 0.29) is 0 Å². The summed E-state index contributed by atoms with van der Waals surface area (Å²) < 4.78 is 37.5. The zero-order valence-electron chi connectivity index (χ0n) is 12.3. The van der Waals surface area contributed by atoms with Crippen LogP contribution in [0.4, 0.5) is 30.6 Å². The molecule has 2 rings (SSSR count). The van der Waals surface area contributed by atoms with Crippen LogP contribution in [-0.4, -0.2) is 16.5 Å². The maximum Gasteiger partial charge on any atom is 0.416 e. The van der Waals surface area contributed by atoms with Crippen LogP contribution in [-0.2, 0) is 6.18 Å². The molecule has 1 aromatic carbocycles. The third-order valence-electron chi connectivity index (χ3n) is 2.98. The van der Waals surface area contributed by atoms with E-state index >= 15 is 0 Å². The van der Waals surface area contributed by atoms with E-state index in [1.165, 1.54) is 12.1 Å². The molecule has 0 bridgehead atoms. The Bertz CT molecular complexity index is 624. The fourth-order valence-corrected chi connectivity index (χ4v) is 1.80. The predicted octanol–water partition coefficient (Wildman–Crippen LogP) is 4.37. The third-order valence-corrected chi connectivity index (χ3v) is 2.98. The Kier molecular flexibility index (Phi) is 4.85. The molecule has 0 aliphatic carbocycles. The van der Waals surface area contributed by atoms with Crippen LogP contribution in [0.1, 0.15) is 24.5 Å². The van der Waals surface area contributed by atoms with Gasteiger partial charge in [-0.1, -0.05) is 6.92 Å². The standard InChI is InChI=1S/C15H17F3N4/c1-3-8-19-13-10(2)9-20-14(22-13)21-12-6-4-11(5-7-12)15(16,17)18/h4-7,9H,3,8H2,1-2H3,(H2,19,20,21,22). The Morgan fingerprint density at radius 1 is 1.14 bits per heavy atom. The van der Waals surface area contributed by atoms with Crippen LogP contribution in [0.3, 0.4) is 0 Å². The van der Waals surface area contributed by atoms with Gasteiger partial charge in [0.1, 0.15) is 5.82 Å². The average Bonchev–Trinajstić information content (AvgIpc) is 2.47. The first-order chi connectivity index (χ1) is 10.4. The lowest BCUT2D eigenvalue weighted by Gasteiger charge is -2.11. The minimum absolute atomic E-state index is 0.337. The smallest absolute Gasteiger partial charge is 0.370 e. The zero-order valence-corrected chi connectivity index (χ0v) is 12.3. The van der Waals surface area contributed by atoms with Crippen molar-refractivity contribution < 1.29 is 13.2 Å². The van der Waals surface area contributed by atoms with Crippen molar-refractivity contribution in [1.82, 2.24) is 9.97 Å². The molecule has 2 N–H and O–H groups in total. The summed E-state index contributed by atoms with van der Waals surface area (Å²) >= 11 is 0. The molecule has 0 radical (unpaired) electrons. The van der Waals surface area contributed by atoms with Crippen LogP contribution >= 0.6 is 0 Å². The molecular weight excluding hydrogens is 293 g/mol. The van der Waals surface area contributed by atoms with Crippen LogP contribution in [0.25, 0.3) is 0 Å². The second-order valence-electron chi connectivity index (χ2n) is 4.85. The van der Waals surface area contributed by atoms with Gasteiger partial charge in [-0.05, 0) is 37.6 Å². The normalized spacial score (nSPS) is 11.3. The minimum Gasteiger partial charge on any atom is -0.370 e. The summed E-state index contributed by atoms with van der Waals surface area (Å²) in [7, 11) is 0. The van der Waals surface area contributed by atoms with Crippen molar-refractivity contribution in [1.29, 1.82) is 0 Å². The molecule has 0 aliphatic rings. The molecule has 1 aromatic heterocycles. The monoisotopic (exact) mass is 310 g/mol. The summed E-state index contributed by atoms with van der Waals surface area (Å²) in [5.74, 6) is 1.05. The molecule has 0 spiro atoms. The van der Waals surface area contributed by atoms with E-state index in [4.69, 9.17) is 0 Å². The lowest BCUT2D eigenvalue weighted by atomic mass is 10.2. The topological polar surface area (TPSA) is 49.8 Å². The number of aromatic nitrogens is 2. The summed E-state index contributed by atoms with van der Waals surface area (Å²) in [4.78, 5) is 8.45. The first-order valence-electron chi connectivity index (χ1n) is 6.92. The van der Waals surface area contributed by atoms with Crippen molar-refractivity contribution in [2.45, 2.75) is 26.4 Å². The molecule has 0 aliphatic heterocycles. The van der Waals surface area contributed by atoms with E-state index in [2.05, 4.69) is 20.6 Å². The van der Waals surface area contributed by atoms with Gasteiger partial charge in [-0.2, -0.15) is 18.2 Å². The number of alkyl halides is 3. The zero-order chi connectivity index (χ0) is 16.2. The van der Waals surface area contributed by atoms with Crippen LogP contribution in [0, 0.1) is 6.92 Å². The van der Waals surface area contributed by atoms with Crippen molar-refractivity contribution >= 4 is 17.5 Å². The van der Waals surface area contributed by atoms with Gasteiger partial charge in [-0.25, -0.2) is 4.98 Å². The van der Waals surface area contributed by atoms with E-state index in [0.29, 0.717) is 17.5 Å². The molecule has 0 unspecified atom stereocenters. The van der Waals surface area contributed by atoms with Gasteiger partial charge in [0.15, 0.2) is 0 Å². The Balaban J connectivity index is 2.13. The first-order valence-corrected chi connectivity index (χ1v) is 6.92. The molecule has 1 heterocycles. The van der Waals surface area contributed by atoms with Crippen molar-refractivity contribution in [2.24, 2.45) is 0 Å². The number of nitrogens with one attached hydrogen (secondary N) is 2. The van der Waals surface area contributed by atoms with Gasteiger partial charge in [0, 0.05) is 24.0 Å². The second kappa shape index (κ2) is 6.64. The molecule has 0 amide bonds. The van der Waals surface area contributed by atoms with E-state index in [1.807, 2.05) is 13.8 Å². The molecule has 4 nitrogen and oxygen atoms in total. The number of anilines is 3. The molecule has 0 saturated heterocycles. The fraction of sp³-hybridized carbons (Fsp3) is 0.333. The summed E-state index contributed by atoms with van der Waals surface area (Å²) in [5.41, 5.74) is 0.720. The van der Waals surface area contributed by atoms with Crippen LogP contribution < -0.4 is 10.6 Å². The van der Waals surface area contributed by atoms with Gasteiger partial charge in [-0.3, -0.25) is 0 Å². The number of halogens is 3. The van der Waals surface area contributed by atoms with Gasteiger partial charge in [0.05, 0.1) is 5.56 Å². The number of hydrogen-bond donors (Lipinski definition) is 2. The van der Waals surface area contributed by atoms with E-state index < -0.39 is 11.7 Å². The van der Waals surface area contributed by atoms with Crippen molar-refractivity contribution in [3.05, 3.63) is 41.6 Å². The maximum absolute atomic E-state index is 12.5. The van der Waals surface area contributed by atoms with Gasteiger partial charge >= 0.3 is 6.18 Å². The number of nitrogens with zero attached hydrogens (tertiary/aromatic N) is 2. The van der Waals surface area contributed by atoms with Crippen LogP contribution in [0.15, 0.2) is 30.5 Å². The Hall–Kier alpha value is -2.31. The second-order valence-corrected chi connectivity index (χ2v) is 4.85. The van der Waals surface area contributed by atoms with Gasteiger partial charge in [-0.15, -0.1) is 0 Å². The summed E-state index contributed by atoms with van der Waals surface area (Å²) in [6, 6.07) is 4.75. The largest absolute Gasteiger partial charge is 0.416 e. The van der Waals surface area contributed by atoms with Crippen LogP contribution in [0.2, 0.25) is 0 Å². The molecule has 118 valence electrons. The Morgan fingerprint density at radius 3 is 2.41 bits per heavy atom. The lowest BCUT2D eigenvalue weighted by molar-refractivity contribution is -0.137. The number of rotatable bonds is 5. The highest BCUT2D eigenvalue weighted by molar-refractivity contribution is 5.56. The van der Waals surface area contributed by atoms with Crippen molar-refractivity contribution in [3.63, 3.8) is 0 Å². The highest BCUT2D eigenvalue weighted by Gasteiger charge is 2.29. The van der Waals surface area contributed by atoms with Gasteiger partial charge in [0.2, 0.25) is 5.95 Å². The minimum atomic E-state index is -4.34. The average molecular weight is 310 g/mol. The maximum atomic E-state index is 12.5. The van der Waals surface area contributed by atoms with Gasteiger partial charge in [0.25, 0.3) is 0 Å². The van der Waals surface area contributed by atoms with E-state index in [9.17, 15) is 13.2 Å². The SMILES string of the molecule is CCCNc1nc(Nc2ccc(C(F)(F)F)cc2)ncc1C. The molecule has 22 heavy (non-hydrogen) atoms. The quantitative estimate of drug-likeness (QED) is 0.861. The highest BCUT2D eigenvalue weighted by atomic mass is 19.4. The summed E-state index contributed by atoms with van der Waals surface area (Å²) in [5, 5.41) is 6.07. The van der Waals surface area contributed by atoms with E-state index in [1.54, 1.807) is 6.20 Å². The highest BCUT2D eigenvalue weighted by Crippen LogP contribution is 2.30. The fourth-order valence-electron chi connectivity index (χ4n) is 1.80. The predicted molar refractivity (Wildman–Crippen MR) is 80.3 cm³/mol. The van der Waals surface area contributed by atoms with Crippen molar-refractivity contribution in [2.75, 3.05) is 17.2 Å². The summed E-state index contributed by atoms with van der Waals surface area (Å²) in [6.07, 6.45) is -1.71. The molecule has 7 heteroatoms. The molecule has 0 atom stereocenters. The lowest BCUT2D eigenvalue weighted by Crippen LogP contribution is -2.07. The number of aryl methyl sites for hydroxylation is 1. The Morgan fingerprint density at radius 2 is 1.82 bits per heavy atom. The summed E-state index contributed by atoms with van der Waals surface area (Å²) in [6.45, 7) is 4.72. The van der Waals surface area contributed by atoms with E-state index in [0.717, 1.165) is 30.7 Å². The van der Waals surface area contributed by atoms with Gasteiger partial charge < -0.3 is 10.6 Å². The van der Waals surface area contributed by atoms with Crippen LogP contribution in [0.5, 0.6) is 0 Å².